The van der Waals surface area contributed by atoms with E-state index >= 15 is 0 Å². The van der Waals surface area contributed by atoms with Crippen LogP contribution in [0.15, 0.2) is 119 Å². The van der Waals surface area contributed by atoms with Crippen molar-refractivity contribution >= 4 is 11.4 Å². The molecule has 4 nitrogen and oxygen atoms in total. The van der Waals surface area contributed by atoms with Crippen LogP contribution in [0.2, 0.25) is 0 Å². The van der Waals surface area contributed by atoms with Gasteiger partial charge in [-0.25, -0.2) is 0 Å². The third kappa shape index (κ3) is 5.76. The van der Waals surface area contributed by atoms with Crippen LogP contribution < -0.4 is 4.74 Å². The highest BCUT2D eigenvalue weighted by Crippen LogP contribution is 2.45. The number of rotatable bonds is 7. The zero-order chi connectivity index (χ0) is 30.5. The van der Waals surface area contributed by atoms with Gasteiger partial charge >= 0.3 is 0 Å². The summed E-state index contributed by atoms with van der Waals surface area (Å²) in [6.07, 6.45) is 3.95. The number of hydrogen-bond donors (Lipinski definition) is 1. The molecule has 43 heavy (non-hydrogen) atoms. The largest absolute Gasteiger partial charge is 0.508 e. The monoisotopic (exact) mass is 572 g/mol. The van der Waals surface area contributed by atoms with Gasteiger partial charge in [0.15, 0.2) is 0 Å². The van der Waals surface area contributed by atoms with Crippen molar-refractivity contribution in [3.63, 3.8) is 0 Å². The van der Waals surface area contributed by atoms with E-state index in [9.17, 15) is 5.11 Å². The van der Waals surface area contributed by atoms with Gasteiger partial charge in [-0.3, -0.25) is 9.98 Å². The summed E-state index contributed by atoms with van der Waals surface area (Å²) < 4.78 is 5.31. The molecule has 0 fully saturated rings. The molecular weight excluding hydrogens is 528 g/mol. The molecule has 6 rings (SSSR count). The Bertz CT molecular complexity index is 1540. The van der Waals surface area contributed by atoms with Gasteiger partial charge in [0.1, 0.15) is 11.5 Å². The number of aromatic hydroxyl groups is 1. The van der Waals surface area contributed by atoms with E-state index in [0.717, 1.165) is 31.4 Å². The van der Waals surface area contributed by atoms with E-state index in [0.29, 0.717) is 17.8 Å². The van der Waals surface area contributed by atoms with E-state index in [1.807, 2.05) is 12.1 Å². The van der Waals surface area contributed by atoms with Crippen molar-refractivity contribution < 1.29 is 9.84 Å². The predicted octanol–water partition coefficient (Wildman–Crippen LogP) is 8.95. The van der Waals surface area contributed by atoms with Crippen LogP contribution in [-0.4, -0.2) is 35.7 Å². The average Bonchev–Trinajstić information content (AvgIpc) is 3.59. The average molecular weight is 573 g/mol. The summed E-state index contributed by atoms with van der Waals surface area (Å²) >= 11 is 0. The molecule has 0 amide bonds. The van der Waals surface area contributed by atoms with E-state index in [1.54, 1.807) is 19.2 Å². The first-order valence-corrected chi connectivity index (χ1v) is 15.6. The lowest BCUT2D eigenvalue weighted by atomic mass is 9.68. The van der Waals surface area contributed by atoms with E-state index in [-0.39, 0.29) is 10.8 Å². The molecule has 2 aliphatic rings. The topological polar surface area (TPSA) is 54.2 Å². The van der Waals surface area contributed by atoms with Crippen molar-refractivity contribution in [2.45, 2.75) is 76.3 Å². The fraction of sp³-hybridized carbons (Fsp3) is 0.333. The number of aliphatic imine (C=N–C) groups is 2. The van der Waals surface area contributed by atoms with Crippen LogP contribution in [0.5, 0.6) is 11.5 Å². The van der Waals surface area contributed by atoms with Gasteiger partial charge in [-0.2, -0.15) is 0 Å². The number of nitrogens with zero attached hydrogens (tertiary/aromatic N) is 2. The van der Waals surface area contributed by atoms with Crippen molar-refractivity contribution in [2.24, 2.45) is 9.98 Å². The van der Waals surface area contributed by atoms with E-state index < -0.39 is 0 Å². The summed E-state index contributed by atoms with van der Waals surface area (Å²) in [5.74, 6) is 1.20. The van der Waals surface area contributed by atoms with Crippen LogP contribution in [0.4, 0.5) is 0 Å². The Morgan fingerprint density at radius 2 is 0.977 bits per heavy atom. The Hall–Kier alpha value is -4.18. The first-order chi connectivity index (χ1) is 20.9. The van der Waals surface area contributed by atoms with Crippen molar-refractivity contribution in [3.05, 3.63) is 131 Å². The molecule has 0 radical (unpaired) electrons. The molecule has 4 unspecified atom stereocenters. The van der Waals surface area contributed by atoms with Crippen LogP contribution in [-0.2, 0) is 10.8 Å². The number of ether oxygens (including phenoxy) is 1. The Morgan fingerprint density at radius 1 is 0.605 bits per heavy atom. The minimum absolute atomic E-state index is 0.0955. The maximum atomic E-state index is 9.60. The maximum Gasteiger partial charge on any atom is 0.118 e. The number of phenols is 1. The van der Waals surface area contributed by atoms with Gasteiger partial charge in [-0.05, 0) is 86.1 Å². The molecule has 0 aliphatic carbocycles. The second-order valence-electron chi connectivity index (χ2n) is 11.8. The molecule has 4 atom stereocenters. The molecule has 4 aromatic rings. The van der Waals surface area contributed by atoms with Crippen LogP contribution >= 0.6 is 0 Å². The minimum Gasteiger partial charge on any atom is -0.508 e. The molecule has 4 heteroatoms. The quantitative estimate of drug-likeness (QED) is 0.240. The van der Waals surface area contributed by atoms with Crippen LogP contribution in [0.25, 0.3) is 0 Å². The first-order valence-electron chi connectivity index (χ1n) is 15.6. The van der Waals surface area contributed by atoms with Gasteiger partial charge in [-0.15, -0.1) is 0 Å². The first kappa shape index (κ1) is 30.3. The van der Waals surface area contributed by atoms with Crippen LogP contribution in [0.3, 0.4) is 0 Å². The molecule has 2 aliphatic heterocycles. The Balaban J connectivity index is 0.000000171. The van der Waals surface area contributed by atoms with Gasteiger partial charge in [0.2, 0.25) is 0 Å². The molecule has 1 N–H and O–H groups in total. The smallest absolute Gasteiger partial charge is 0.118 e. The molecule has 0 spiro atoms. The van der Waals surface area contributed by atoms with Crippen LogP contribution in [0, 0.1) is 0 Å². The predicted molar refractivity (Wildman–Crippen MR) is 179 cm³/mol. The summed E-state index contributed by atoms with van der Waals surface area (Å²) in [6, 6.07) is 38.2. The molecular formula is C39H44N2O2. The fourth-order valence-corrected chi connectivity index (χ4v) is 7.29. The normalized spacial score (nSPS) is 24.5. The molecule has 0 saturated carbocycles. The lowest BCUT2D eigenvalue weighted by Crippen LogP contribution is -2.34. The second kappa shape index (κ2) is 13.0. The third-order valence-electron chi connectivity index (χ3n) is 9.09. The molecule has 222 valence electrons. The second-order valence-corrected chi connectivity index (χ2v) is 11.8. The Labute approximate surface area is 257 Å². The SMILES string of the molecule is CCC1=NC(C)CC1(c1ccccc1)c1ccc(O)cc1.CCC1=NC(C)CC1(c1ccccc1)c1ccc(OC)cc1. The number of phenolic OH excluding ortho intramolecular Hbond substituents is 1. The summed E-state index contributed by atoms with van der Waals surface area (Å²) in [6.45, 7) is 8.78. The number of methoxy groups -OCH3 is 1. The number of benzene rings is 4. The molecule has 0 aromatic heterocycles. The van der Waals surface area contributed by atoms with E-state index in [2.05, 4.69) is 113 Å². The zero-order valence-electron chi connectivity index (χ0n) is 26.1. The summed E-state index contributed by atoms with van der Waals surface area (Å²) in [5, 5.41) is 9.60. The maximum absolute atomic E-state index is 9.60. The summed E-state index contributed by atoms with van der Waals surface area (Å²) in [7, 11) is 1.71. The van der Waals surface area contributed by atoms with Gasteiger partial charge in [0.25, 0.3) is 0 Å². The molecule has 0 bridgehead atoms. The minimum atomic E-state index is -0.150. The number of hydrogen-bond acceptors (Lipinski definition) is 4. The van der Waals surface area contributed by atoms with Gasteiger partial charge < -0.3 is 9.84 Å². The van der Waals surface area contributed by atoms with Crippen LogP contribution in [0.1, 0.15) is 75.6 Å². The summed E-state index contributed by atoms with van der Waals surface area (Å²) in [4.78, 5) is 9.83. The highest BCUT2D eigenvalue weighted by molar-refractivity contribution is 6.00. The highest BCUT2D eigenvalue weighted by Gasteiger charge is 2.44. The summed E-state index contributed by atoms with van der Waals surface area (Å²) in [5.41, 5.74) is 7.44. The lowest BCUT2D eigenvalue weighted by Gasteiger charge is -2.32. The van der Waals surface area contributed by atoms with E-state index in [1.165, 1.54) is 33.7 Å². The van der Waals surface area contributed by atoms with Crippen molar-refractivity contribution in [2.75, 3.05) is 7.11 Å². The molecule has 0 saturated heterocycles. The zero-order valence-corrected chi connectivity index (χ0v) is 26.1. The van der Waals surface area contributed by atoms with Crippen molar-refractivity contribution in [1.82, 2.24) is 0 Å². The highest BCUT2D eigenvalue weighted by atomic mass is 16.5. The molecule has 4 aromatic carbocycles. The van der Waals surface area contributed by atoms with Crippen molar-refractivity contribution in [3.8, 4) is 11.5 Å². The third-order valence-corrected chi connectivity index (χ3v) is 9.09. The Morgan fingerprint density at radius 3 is 1.35 bits per heavy atom. The van der Waals surface area contributed by atoms with E-state index in [4.69, 9.17) is 14.7 Å². The lowest BCUT2D eigenvalue weighted by molar-refractivity contribution is 0.414. The van der Waals surface area contributed by atoms with Gasteiger partial charge in [0, 0.05) is 23.5 Å². The standard InChI is InChI=1S/C20H23NO.C19H21NO/c1-4-19-20(14-15(2)21-19,16-8-6-5-7-9-16)17-10-12-18(22-3)13-11-17;1-3-18-19(13-14(2)20-18,15-7-5-4-6-8-15)16-9-11-17(21)12-10-16/h5-13,15H,4,14H2,1-3H3;4-12,14,21H,3,13H2,1-2H3. The fourth-order valence-electron chi connectivity index (χ4n) is 7.29. The van der Waals surface area contributed by atoms with Crippen molar-refractivity contribution in [1.29, 1.82) is 0 Å². The molecule has 2 heterocycles. The Kier molecular flexibility index (Phi) is 9.15. The van der Waals surface area contributed by atoms with Gasteiger partial charge in [0.05, 0.1) is 17.9 Å². The van der Waals surface area contributed by atoms with Gasteiger partial charge in [-0.1, -0.05) is 98.8 Å².